The van der Waals surface area contributed by atoms with E-state index in [1.54, 1.807) is 0 Å². The number of Topliss-reactive ketones (excluding diaryl/α,β-unsaturated/α-hetero) is 1. The van der Waals surface area contributed by atoms with Crippen molar-refractivity contribution in [1.82, 2.24) is 10.4 Å². The van der Waals surface area contributed by atoms with Gasteiger partial charge >= 0.3 is 0 Å². The van der Waals surface area contributed by atoms with E-state index in [2.05, 4.69) is 5.43 Å². The number of nitrogens with one attached hydrogen (secondary N) is 1. The zero-order chi connectivity index (χ0) is 13.1. The van der Waals surface area contributed by atoms with E-state index >= 15 is 0 Å². The second kappa shape index (κ2) is 5.55. The van der Waals surface area contributed by atoms with E-state index in [0.29, 0.717) is 19.8 Å². The fraction of sp³-hybridized carbons (Fsp3) is 0.400. The lowest BCUT2D eigenvalue weighted by Gasteiger charge is -2.22. The van der Waals surface area contributed by atoms with E-state index in [1.807, 2.05) is 41.5 Å². The van der Waals surface area contributed by atoms with Gasteiger partial charge in [0.25, 0.3) is 0 Å². The van der Waals surface area contributed by atoms with E-state index in [-0.39, 0.29) is 11.8 Å². The maximum Gasteiger partial charge on any atom is 0.162 e. The van der Waals surface area contributed by atoms with Gasteiger partial charge in [0.1, 0.15) is 6.73 Å². The number of ether oxygens (including phenoxy) is 1. The Kier molecular flexibility index (Phi) is 3.62. The van der Waals surface area contributed by atoms with Crippen molar-refractivity contribution >= 4 is 5.78 Å². The van der Waals surface area contributed by atoms with E-state index in [1.165, 1.54) is 0 Å². The highest BCUT2D eigenvalue weighted by atomic mass is 16.5. The van der Waals surface area contributed by atoms with Gasteiger partial charge in [0.2, 0.25) is 0 Å². The molecule has 1 unspecified atom stereocenters. The maximum absolute atomic E-state index is 11.7. The summed E-state index contributed by atoms with van der Waals surface area (Å²) in [4.78, 5) is 11.7. The van der Waals surface area contributed by atoms with Crippen molar-refractivity contribution in [2.24, 2.45) is 0 Å². The molecule has 1 aromatic carbocycles. The van der Waals surface area contributed by atoms with Crippen LogP contribution in [0.4, 0.5) is 0 Å². The van der Waals surface area contributed by atoms with Gasteiger partial charge < -0.3 is 4.74 Å². The second-order valence-electron chi connectivity index (χ2n) is 5.01. The predicted molar refractivity (Wildman–Crippen MR) is 71.8 cm³/mol. The van der Waals surface area contributed by atoms with Crippen LogP contribution in [-0.4, -0.2) is 23.6 Å². The first-order valence-corrected chi connectivity index (χ1v) is 6.72. The number of fused-ring (bicyclic) bond motifs is 1. The molecule has 1 N–H and O–H groups in total. The number of benzene rings is 1. The zero-order valence-corrected chi connectivity index (χ0v) is 10.8. The number of nitrogens with zero attached hydrogens (tertiary/aromatic N) is 1. The molecule has 1 fully saturated rings. The monoisotopic (exact) mass is 258 g/mol. The first-order valence-electron chi connectivity index (χ1n) is 6.72. The summed E-state index contributed by atoms with van der Waals surface area (Å²) in [7, 11) is 0. The molecule has 0 bridgehead atoms. The molecule has 1 aliphatic heterocycles. The molecular weight excluding hydrogens is 240 g/mol. The van der Waals surface area contributed by atoms with Crippen molar-refractivity contribution in [2.45, 2.75) is 31.9 Å². The molecule has 1 saturated carbocycles. The molecule has 1 aromatic rings. The Labute approximate surface area is 113 Å². The Hall–Kier alpha value is -1.65. The fourth-order valence-corrected chi connectivity index (χ4v) is 2.57. The third-order valence-corrected chi connectivity index (χ3v) is 3.55. The van der Waals surface area contributed by atoms with Crippen LogP contribution in [0.15, 0.2) is 42.1 Å². The van der Waals surface area contributed by atoms with Crippen LogP contribution in [0.3, 0.4) is 0 Å². The SMILES string of the molecule is O=C1CCCC2NN(COCc3ccccc3)C=C12. The van der Waals surface area contributed by atoms with Gasteiger partial charge in [0.05, 0.1) is 12.6 Å². The van der Waals surface area contributed by atoms with Crippen molar-refractivity contribution < 1.29 is 9.53 Å². The van der Waals surface area contributed by atoms with Gasteiger partial charge in [-0.3, -0.25) is 9.80 Å². The van der Waals surface area contributed by atoms with Gasteiger partial charge in [-0.2, -0.15) is 0 Å². The number of hydrazine groups is 1. The molecule has 3 rings (SSSR count). The van der Waals surface area contributed by atoms with E-state index in [9.17, 15) is 4.79 Å². The highest BCUT2D eigenvalue weighted by Crippen LogP contribution is 2.25. The molecule has 4 nitrogen and oxygen atoms in total. The predicted octanol–water partition coefficient (Wildman–Crippen LogP) is 1.99. The minimum absolute atomic E-state index is 0.196. The Morgan fingerprint density at radius 1 is 1.32 bits per heavy atom. The van der Waals surface area contributed by atoms with Crippen LogP contribution in [0.5, 0.6) is 0 Å². The van der Waals surface area contributed by atoms with Crippen molar-refractivity contribution in [2.75, 3.05) is 6.73 Å². The number of hydrogen-bond donors (Lipinski definition) is 1. The van der Waals surface area contributed by atoms with Gasteiger partial charge in [-0.1, -0.05) is 30.3 Å². The van der Waals surface area contributed by atoms with Crippen molar-refractivity contribution in [3.8, 4) is 0 Å². The summed E-state index contributed by atoms with van der Waals surface area (Å²) in [6.45, 7) is 1.04. The third kappa shape index (κ3) is 2.85. The lowest BCUT2D eigenvalue weighted by Crippen LogP contribution is -2.39. The van der Waals surface area contributed by atoms with Gasteiger partial charge in [0.15, 0.2) is 5.78 Å². The molecule has 0 radical (unpaired) electrons. The minimum Gasteiger partial charge on any atom is -0.355 e. The smallest absolute Gasteiger partial charge is 0.162 e. The molecule has 100 valence electrons. The van der Waals surface area contributed by atoms with Gasteiger partial charge in [-0.15, -0.1) is 0 Å². The molecule has 2 aliphatic rings. The maximum atomic E-state index is 11.7. The topological polar surface area (TPSA) is 41.6 Å². The number of ketones is 1. The Balaban J connectivity index is 1.51. The van der Waals surface area contributed by atoms with Gasteiger partial charge in [-0.25, -0.2) is 5.43 Å². The van der Waals surface area contributed by atoms with E-state index in [4.69, 9.17) is 4.74 Å². The third-order valence-electron chi connectivity index (χ3n) is 3.55. The van der Waals surface area contributed by atoms with Crippen LogP contribution in [0.2, 0.25) is 0 Å². The van der Waals surface area contributed by atoms with Crippen LogP contribution in [-0.2, 0) is 16.1 Å². The standard InChI is InChI=1S/C15H18N2O2/c18-15-8-4-7-14-13(15)9-17(16-14)11-19-10-12-5-2-1-3-6-12/h1-3,5-6,9,14,16H,4,7-8,10-11H2. The summed E-state index contributed by atoms with van der Waals surface area (Å²) in [6, 6.07) is 10.3. The van der Waals surface area contributed by atoms with Crippen molar-refractivity contribution in [3.63, 3.8) is 0 Å². The summed E-state index contributed by atoms with van der Waals surface area (Å²) < 4.78 is 5.65. The van der Waals surface area contributed by atoms with Crippen LogP contribution >= 0.6 is 0 Å². The molecule has 4 heteroatoms. The largest absolute Gasteiger partial charge is 0.355 e. The van der Waals surface area contributed by atoms with Crippen LogP contribution in [0.1, 0.15) is 24.8 Å². The lowest BCUT2D eigenvalue weighted by atomic mass is 9.91. The Morgan fingerprint density at radius 2 is 2.16 bits per heavy atom. The highest BCUT2D eigenvalue weighted by Gasteiger charge is 2.31. The molecule has 0 saturated heterocycles. The van der Waals surface area contributed by atoms with Crippen LogP contribution < -0.4 is 5.43 Å². The van der Waals surface area contributed by atoms with E-state index < -0.39 is 0 Å². The molecule has 1 heterocycles. The number of rotatable bonds is 4. The molecule has 0 aromatic heterocycles. The quantitative estimate of drug-likeness (QED) is 0.896. The average molecular weight is 258 g/mol. The molecule has 0 spiro atoms. The second-order valence-corrected chi connectivity index (χ2v) is 5.01. The summed E-state index contributed by atoms with van der Waals surface area (Å²) in [5.41, 5.74) is 5.37. The van der Waals surface area contributed by atoms with Crippen molar-refractivity contribution in [3.05, 3.63) is 47.7 Å². The molecular formula is C15H18N2O2. The minimum atomic E-state index is 0.196. The number of carbonyl (C=O) groups excluding carboxylic acids is 1. The number of carbonyl (C=O) groups is 1. The van der Waals surface area contributed by atoms with Crippen molar-refractivity contribution in [1.29, 1.82) is 0 Å². The molecule has 1 atom stereocenters. The number of hydrogen-bond acceptors (Lipinski definition) is 4. The Bertz CT molecular complexity index is 484. The highest BCUT2D eigenvalue weighted by molar-refractivity contribution is 5.97. The first kappa shape index (κ1) is 12.4. The summed E-state index contributed by atoms with van der Waals surface area (Å²) in [6.07, 6.45) is 4.60. The summed E-state index contributed by atoms with van der Waals surface area (Å²) >= 11 is 0. The average Bonchev–Trinajstić information content (AvgIpc) is 2.84. The van der Waals surface area contributed by atoms with Crippen LogP contribution in [0, 0.1) is 0 Å². The summed E-state index contributed by atoms with van der Waals surface area (Å²) in [5.74, 6) is 0.273. The summed E-state index contributed by atoms with van der Waals surface area (Å²) in [5, 5.41) is 1.88. The lowest BCUT2D eigenvalue weighted by molar-refractivity contribution is -0.116. The Morgan fingerprint density at radius 3 is 2.95 bits per heavy atom. The normalized spacial score (nSPS) is 22.3. The molecule has 1 aliphatic carbocycles. The molecule has 0 amide bonds. The molecule has 19 heavy (non-hydrogen) atoms. The zero-order valence-electron chi connectivity index (χ0n) is 10.8. The van der Waals surface area contributed by atoms with Gasteiger partial charge in [-0.05, 0) is 18.4 Å². The van der Waals surface area contributed by atoms with Gasteiger partial charge in [0, 0.05) is 18.2 Å². The first-order chi connectivity index (χ1) is 9.33. The van der Waals surface area contributed by atoms with Crippen LogP contribution in [0.25, 0.3) is 0 Å². The van der Waals surface area contributed by atoms with E-state index in [0.717, 1.165) is 24.0 Å². The fourth-order valence-electron chi connectivity index (χ4n) is 2.57.